The first-order valence-electron chi connectivity index (χ1n) is 9.56. The zero-order chi connectivity index (χ0) is 17.0. The molecule has 4 aliphatic carbocycles. The minimum absolute atomic E-state index is 0.0478. The van der Waals surface area contributed by atoms with E-state index in [1.54, 1.807) is 12.1 Å². The average Bonchev–Trinajstić information content (AvgIpc) is 2.61. The molecule has 0 aliphatic heterocycles. The molecule has 2 heteroatoms. The number of ketones is 1. The number of carbonyl (C=O) groups excluding carboxylic acids is 1. The van der Waals surface area contributed by atoms with Crippen molar-refractivity contribution in [3.8, 4) is 5.75 Å². The van der Waals surface area contributed by atoms with Gasteiger partial charge in [-0.05, 0) is 79.9 Å². The lowest BCUT2D eigenvalue weighted by Gasteiger charge is -2.57. The van der Waals surface area contributed by atoms with Gasteiger partial charge in [-0.1, -0.05) is 30.3 Å². The van der Waals surface area contributed by atoms with Gasteiger partial charge in [-0.15, -0.1) is 0 Å². The van der Waals surface area contributed by atoms with Crippen molar-refractivity contribution in [2.75, 3.05) is 0 Å². The molecule has 4 bridgehead atoms. The lowest BCUT2D eigenvalue weighted by Crippen LogP contribution is -2.48. The summed E-state index contributed by atoms with van der Waals surface area (Å²) in [5.41, 5.74) is 2.55. The first kappa shape index (κ1) is 15.2. The van der Waals surface area contributed by atoms with Crippen LogP contribution in [0.2, 0.25) is 0 Å². The molecule has 2 aromatic rings. The Morgan fingerprint density at radius 1 is 0.840 bits per heavy atom. The topological polar surface area (TPSA) is 37.3 Å². The zero-order valence-corrected chi connectivity index (χ0v) is 14.4. The molecule has 2 nitrogen and oxygen atoms in total. The molecule has 2 aromatic carbocycles. The Bertz CT molecular complexity index is 786. The smallest absolute Gasteiger partial charge is 0.193 e. The highest BCUT2D eigenvalue weighted by Crippen LogP contribution is 2.61. The van der Waals surface area contributed by atoms with Crippen molar-refractivity contribution in [1.29, 1.82) is 0 Å². The van der Waals surface area contributed by atoms with Crippen LogP contribution in [0.5, 0.6) is 5.75 Å². The number of aromatic hydroxyl groups is 1. The lowest BCUT2D eigenvalue weighted by molar-refractivity contribution is -0.00614. The zero-order valence-electron chi connectivity index (χ0n) is 14.4. The van der Waals surface area contributed by atoms with Crippen LogP contribution in [0.3, 0.4) is 0 Å². The van der Waals surface area contributed by atoms with Crippen LogP contribution in [-0.2, 0) is 5.41 Å². The minimum Gasteiger partial charge on any atom is -0.508 e. The van der Waals surface area contributed by atoms with Crippen LogP contribution in [0.1, 0.15) is 60.0 Å². The second-order valence-electron chi connectivity index (χ2n) is 8.62. The van der Waals surface area contributed by atoms with Gasteiger partial charge in [-0.2, -0.15) is 0 Å². The second kappa shape index (κ2) is 5.45. The van der Waals surface area contributed by atoms with Crippen molar-refractivity contribution in [3.05, 3.63) is 65.2 Å². The van der Waals surface area contributed by atoms with Crippen LogP contribution >= 0.6 is 0 Å². The van der Waals surface area contributed by atoms with Crippen LogP contribution in [0.4, 0.5) is 0 Å². The fourth-order valence-electron chi connectivity index (χ4n) is 6.30. The number of phenolic OH excluding ortho intramolecular Hbond substituents is 1. The van der Waals surface area contributed by atoms with E-state index in [9.17, 15) is 9.90 Å². The number of carbonyl (C=O) groups is 1. The summed E-state index contributed by atoms with van der Waals surface area (Å²) in [7, 11) is 0. The van der Waals surface area contributed by atoms with Gasteiger partial charge in [-0.25, -0.2) is 0 Å². The quantitative estimate of drug-likeness (QED) is 0.795. The highest BCUT2D eigenvalue weighted by molar-refractivity contribution is 6.09. The van der Waals surface area contributed by atoms with Crippen LogP contribution in [0.25, 0.3) is 0 Å². The molecule has 0 spiro atoms. The van der Waals surface area contributed by atoms with E-state index in [1.165, 1.54) is 38.5 Å². The molecule has 0 heterocycles. The standard InChI is InChI=1S/C23H24O2/c24-21-7-6-19(22(25)18-4-2-1-3-5-18)11-20(21)23-12-15-8-16(13-23)10-17(9-15)14-23/h1-7,11,15-17,24H,8-10,12-14H2. The lowest BCUT2D eigenvalue weighted by atomic mass is 9.48. The van der Waals surface area contributed by atoms with Gasteiger partial charge in [0.05, 0.1) is 0 Å². The molecule has 0 saturated heterocycles. The molecule has 0 amide bonds. The maximum Gasteiger partial charge on any atom is 0.193 e. The Balaban J connectivity index is 1.55. The van der Waals surface area contributed by atoms with E-state index < -0.39 is 0 Å². The first-order chi connectivity index (χ1) is 12.1. The van der Waals surface area contributed by atoms with Gasteiger partial charge in [0.15, 0.2) is 5.78 Å². The molecular weight excluding hydrogens is 308 g/mol. The fourth-order valence-corrected chi connectivity index (χ4v) is 6.30. The third-order valence-corrected chi connectivity index (χ3v) is 6.90. The summed E-state index contributed by atoms with van der Waals surface area (Å²) in [5, 5.41) is 10.6. The maximum absolute atomic E-state index is 12.9. The van der Waals surface area contributed by atoms with Gasteiger partial charge in [0.25, 0.3) is 0 Å². The van der Waals surface area contributed by atoms with Crippen LogP contribution in [0.15, 0.2) is 48.5 Å². The summed E-state index contributed by atoms with van der Waals surface area (Å²) in [5.74, 6) is 2.88. The van der Waals surface area contributed by atoms with Gasteiger partial charge in [0, 0.05) is 16.7 Å². The normalized spacial score (nSPS) is 32.7. The van der Waals surface area contributed by atoms with E-state index in [2.05, 4.69) is 0 Å². The van der Waals surface area contributed by atoms with Crippen LogP contribution in [0, 0.1) is 17.8 Å². The number of hydrogen-bond acceptors (Lipinski definition) is 2. The summed E-state index contributed by atoms with van der Waals surface area (Å²) in [6, 6.07) is 14.9. The van der Waals surface area contributed by atoms with Crippen LogP contribution < -0.4 is 0 Å². The molecule has 0 atom stereocenters. The van der Waals surface area contributed by atoms with Crippen molar-refractivity contribution >= 4 is 5.78 Å². The average molecular weight is 332 g/mol. The van der Waals surface area contributed by atoms with E-state index in [0.29, 0.717) is 16.9 Å². The summed E-state index contributed by atoms with van der Waals surface area (Å²) in [6.07, 6.45) is 7.70. The van der Waals surface area contributed by atoms with Crippen molar-refractivity contribution < 1.29 is 9.90 Å². The number of benzene rings is 2. The SMILES string of the molecule is O=C(c1ccccc1)c1ccc(O)c(C23CC4CC(CC(C4)C2)C3)c1. The fraction of sp³-hybridized carbons (Fsp3) is 0.435. The van der Waals surface area contributed by atoms with Gasteiger partial charge in [0.2, 0.25) is 0 Å². The molecule has 1 N–H and O–H groups in total. The van der Waals surface area contributed by atoms with E-state index >= 15 is 0 Å². The molecule has 0 unspecified atom stereocenters. The van der Waals surface area contributed by atoms with Crippen molar-refractivity contribution in [1.82, 2.24) is 0 Å². The monoisotopic (exact) mass is 332 g/mol. The molecule has 4 fully saturated rings. The maximum atomic E-state index is 12.9. The molecule has 25 heavy (non-hydrogen) atoms. The number of rotatable bonds is 3. The summed E-state index contributed by atoms with van der Waals surface area (Å²) in [4.78, 5) is 12.9. The Morgan fingerprint density at radius 3 is 2.04 bits per heavy atom. The number of phenols is 1. The molecule has 4 aliphatic rings. The van der Waals surface area contributed by atoms with Gasteiger partial charge in [0.1, 0.15) is 5.75 Å². The highest BCUT2D eigenvalue weighted by atomic mass is 16.3. The number of hydrogen-bond donors (Lipinski definition) is 1. The Labute approximate surface area is 148 Å². The molecule has 128 valence electrons. The third-order valence-electron chi connectivity index (χ3n) is 6.90. The minimum atomic E-state index is 0.0478. The highest BCUT2D eigenvalue weighted by Gasteiger charge is 2.52. The third kappa shape index (κ3) is 2.42. The molecule has 6 rings (SSSR count). The Kier molecular flexibility index (Phi) is 3.31. The van der Waals surface area contributed by atoms with Gasteiger partial charge < -0.3 is 5.11 Å². The predicted molar refractivity (Wildman–Crippen MR) is 97.8 cm³/mol. The Morgan fingerprint density at radius 2 is 1.44 bits per heavy atom. The largest absolute Gasteiger partial charge is 0.508 e. The predicted octanol–water partition coefficient (Wildman–Crippen LogP) is 5.09. The molecule has 4 saturated carbocycles. The van der Waals surface area contributed by atoms with E-state index in [-0.39, 0.29) is 11.2 Å². The molecule has 0 aromatic heterocycles. The van der Waals surface area contributed by atoms with Crippen molar-refractivity contribution in [2.45, 2.75) is 43.9 Å². The first-order valence-corrected chi connectivity index (χ1v) is 9.56. The van der Waals surface area contributed by atoms with E-state index in [4.69, 9.17) is 0 Å². The molecule has 0 radical (unpaired) electrons. The van der Waals surface area contributed by atoms with Gasteiger partial charge in [-0.3, -0.25) is 4.79 Å². The Hall–Kier alpha value is -2.09. The van der Waals surface area contributed by atoms with Crippen LogP contribution in [-0.4, -0.2) is 10.9 Å². The summed E-state index contributed by atoms with van der Waals surface area (Å²) in [6.45, 7) is 0. The molecular formula is C23H24O2. The summed E-state index contributed by atoms with van der Waals surface area (Å²) >= 11 is 0. The second-order valence-corrected chi connectivity index (χ2v) is 8.62. The van der Waals surface area contributed by atoms with Gasteiger partial charge >= 0.3 is 0 Å². The van der Waals surface area contributed by atoms with Crippen molar-refractivity contribution in [3.63, 3.8) is 0 Å². The summed E-state index contributed by atoms with van der Waals surface area (Å²) < 4.78 is 0. The van der Waals surface area contributed by atoms with Crippen molar-refractivity contribution in [2.24, 2.45) is 17.8 Å². The van der Waals surface area contributed by atoms with E-state index in [0.717, 1.165) is 23.3 Å². The van der Waals surface area contributed by atoms with E-state index in [1.807, 2.05) is 36.4 Å².